The summed E-state index contributed by atoms with van der Waals surface area (Å²) in [6, 6.07) is 0. The number of ether oxygens (including phenoxy) is 1. The van der Waals surface area contributed by atoms with Gasteiger partial charge in [-0.15, -0.1) is 0 Å². The molecule has 0 rings (SSSR count). The Bertz CT molecular complexity index is 138. The fourth-order valence-electron chi connectivity index (χ4n) is 0.857. The van der Waals surface area contributed by atoms with E-state index in [1.165, 1.54) is 0 Å². The quantitative estimate of drug-likeness (QED) is 0.506. The highest BCUT2D eigenvalue weighted by Gasteiger charge is 2.05. The Balaban J connectivity index is 3.21. The maximum Gasteiger partial charge on any atom is 0.0682 e. The minimum atomic E-state index is -1.01. The molecule has 78 valence electrons. The maximum absolute atomic E-state index is 8.49. The number of rotatable bonds is 7. The molecule has 0 fully saturated rings. The van der Waals surface area contributed by atoms with E-state index in [1.807, 2.05) is 0 Å². The van der Waals surface area contributed by atoms with Gasteiger partial charge in [0.15, 0.2) is 0 Å². The lowest BCUT2D eigenvalue weighted by molar-refractivity contribution is 0.120. The summed E-state index contributed by atoms with van der Waals surface area (Å²) in [5, 5.41) is 8.49. The lowest BCUT2D eigenvalue weighted by Gasteiger charge is -2.07. The molecule has 0 aliphatic carbocycles. The topological polar surface area (TPSA) is 29.5 Å². The molecule has 0 aromatic carbocycles. The van der Waals surface area contributed by atoms with Crippen LogP contribution in [0.15, 0.2) is 11.8 Å². The summed E-state index contributed by atoms with van der Waals surface area (Å²) in [5.74, 6) is 0. The summed E-state index contributed by atoms with van der Waals surface area (Å²) >= 11 is 0. The summed E-state index contributed by atoms with van der Waals surface area (Å²) < 4.78 is 5.29. The van der Waals surface area contributed by atoms with E-state index in [2.05, 4.69) is 31.4 Å². The van der Waals surface area contributed by atoms with Gasteiger partial charge in [-0.05, 0) is 12.8 Å². The number of hydrogen-bond acceptors (Lipinski definition) is 2. The largest absolute Gasteiger partial charge is 0.396 e. The molecule has 0 heterocycles. The van der Waals surface area contributed by atoms with E-state index in [1.54, 1.807) is 0 Å². The van der Waals surface area contributed by atoms with Crippen LogP contribution >= 0.6 is 0 Å². The fourth-order valence-corrected chi connectivity index (χ4v) is 1.73. The normalized spacial score (nSPS) is 12.6. The molecular formula is C10H22O2Si. The predicted molar refractivity (Wildman–Crippen MR) is 59.6 cm³/mol. The van der Waals surface area contributed by atoms with Gasteiger partial charge in [-0.25, -0.2) is 0 Å². The molecule has 0 saturated carbocycles. The maximum atomic E-state index is 8.49. The van der Waals surface area contributed by atoms with Gasteiger partial charge in [0.1, 0.15) is 0 Å². The Morgan fingerprint density at radius 3 is 2.46 bits per heavy atom. The first kappa shape index (κ1) is 12.9. The average molecular weight is 202 g/mol. The van der Waals surface area contributed by atoms with Crippen molar-refractivity contribution < 1.29 is 9.84 Å². The van der Waals surface area contributed by atoms with Crippen molar-refractivity contribution in [3.8, 4) is 0 Å². The molecule has 0 aromatic heterocycles. The van der Waals surface area contributed by atoms with Crippen LogP contribution in [0.2, 0.25) is 19.6 Å². The van der Waals surface area contributed by atoms with Crippen molar-refractivity contribution in [1.29, 1.82) is 0 Å². The van der Waals surface area contributed by atoms with Crippen molar-refractivity contribution in [1.82, 2.24) is 0 Å². The van der Waals surface area contributed by atoms with Crippen LogP contribution in [0.1, 0.15) is 12.8 Å². The number of hydrogen-bond donors (Lipinski definition) is 1. The van der Waals surface area contributed by atoms with Gasteiger partial charge in [0, 0.05) is 19.8 Å². The van der Waals surface area contributed by atoms with Crippen LogP contribution in [-0.2, 0) is 4.74 Å². The van der Waals surface area contributed by atoms with E-state index >= 15 is 0 Å². The van der Waals surface area contributed by atoms with E-state index in [9.17, 15) is 0 Å². The van der Waals surface area contributed by atoms with E-state index < -0.39 is 8.07 Å². The standard InChI is InChI=1S/C10H22O2Si/c1-13(2,3)10-5-4-8-12-9-6-7-11/h5,10-11H,4,6-9H2,1-3H3/b10-5+. The molecule has 0 aliphatic heterocycles. The summed E-state index contributed by atoms with van der Waals surface area (Å²) in [7, 11) is -1.01. The molecule has 0 amide bonds. The smallest absolute Gasteiger partial charge is 0.0682 e. The predicted octanol–water partition coefficient (Wildman–Crippen LogP) is 2.21. The molecule has 3 heteroatoms. The first-order valence-corrected chi connectivity index (χ1v) is 8.50. The molecular weight excluding hydrogens is 180 g/mol. The van der Waals surface area contributed by atoms with Crippen molar-refractivity contribution in [2.75, 3.05) is 19.8 Å². The second kappa shape index (κ2) is 7.30. The molecule has 0 aliphatic rings. The van der Waals surface area contributed by atoms with Crippen LogP contribution < -0.4 is 0 Å². The Morgan fingerprint density at radius 1 is 1.23 bits per heavy atom. The van der Waals surface area contributed by atoms with Crippen molar-refractivity contribution in [2.24, 2.45) is 0 Å². The van der Waals surface area contributed by atoms with E-state index in [0.29, 0.717) is 6.61 Å². The Morgan fingerprint density at radius 2 is 1.92 bits per heavy atom. The van der Waals surface area contributed by atoms with Crippen LogP contribution in [0.3, 0.4) is 0 Å². The third-order valence-electron chi connectivity index (χ3n) is 1.49. The molecule has 0 unspecified atom stereocenters. The second-order valence-electron chi connectivity index (χ2n) is 4.25. The molecule has 0 spiro atoms. The average Bonchev–Trinajstić information content (AvgIpc) is 2.01. The number of aliphatic hydroxyl groups is 1. The van der Waals surface area contributed by atoms with Crippen molar-refractivity contribution in [2.45, 2.75) is 32.5 Å². The molecule has 0 aromatic rings. The minimum Gasteiger partial charge on any atom is -0.396 e. The second-order valence-corrected chi connectivity index (χ2v) is 9.31. The zero-order chi connectivity index (χ0) is 10.2. The Kier molecular flexibility index (Phi) is 7.23. The monoisotopic (exact) mass is 202 g/mol. The SMILES string of the molecule is C[Si](C)(C)/C=C/CCOCCCO. The lowest BCUT2D eigenvalue weighted by atomic mass is 10.4. The zero-order valence-electron chi connectivity index (χ0n) is 9.05. The van der Waals surface area contributed by atoms with Gasteiger partial charge in [0.25, 0.3) is 0 Å². The van der Waals surface area contributed by atoms with Crippen molar-refractivity contribution in [3.63, 3.8) is 0 Å². The molecule has 0 radical (unpaired) electrons. The van der Waals surface area contributed by atoms with Gasteiger partial charge < -0.3 is 9.84 Å². The molecule has 0 saturated heterocycles. The summed E-state index contributed by atoms with van der Waals surface area (Å²) in [6.45, 7) is 8.63. The van der Waals surface area contributed by atoms with Gasteiger partial charge in [0.05, 0.1) is 8.07 Å². The first-order valence-electron chi connectivity index (χ1n) is 4.92. The first-order chi connectivity index (χ1) is 6.06. The van der Waals surface area contributed by atoms with Crippen LogP contribution in [0.5, 0.6) is 0 Å². The van der Waals surface area contributed by atoms with Gasteiger partial charge in [-0.3, -0.25) is 0 Å². The lowest BCUT2D eigenvalue weighted by Crippen LogP contribution is -2.15. The fraction of sp³-hybridized carbons (Fsp3) is 0.800. The van der Waals surface area contributed by atoms with E-state index in [0.717, 1.165) is 19.4 Å². The highest BCUT2D eigenvalue weighted by Crippen LogP contribution is 2.02. The Labute approximate surface area is 82.6 Å². The van der Waals surface area contributed by atoms with Crippen LogP contribution in [0.4, 0.5) is 0 Å². The summed E-state index contributed by atoms with van der Waals surface area (Å²) in [6.07, 6.45) is 3.96. The van der Waals surface area contributed by atoms with Crippen LogP contribution in [0.25, 0.3) is 0 Å². The molecule has 2 nitrogen and oxygen atoms in total. The van der Waals surface area contributed by atoms with Crippen LogP contribution in [-0.4, -0.2) is 33.0 Å². The van der Waals surface area contributed by atoms with Crippen molar-refractivity contribution in [3.05, 3.63) is 11.8 Å². The van der Waals surface area contributed by atoms with Crippen LogP contribution in [0, 0.1) is 0 Å². The van der Waals surface area contributed by atoms with Gasteiger partial charge in [0.2, 0.25) is 0 Å². The molecule has 0 atom stereocenters. The van der Waals surface area contributed by atoms with E-state index in [4.69, 9.17) is 9.84 Å². The van der Waals surface area contributed by atoms with Gasteiger partial charge >= 0.3 is 0 Å². The third kappa shape index (κ3) is 11.9. The van der Waals surface area contributed by atoms with Crippen molar-refractivity contribution >= 4 is 8.07 Å². The van der Waals surface area contributed by atoms with E-state index in [-0.39, 0.29) is 6.61 Å². The summed E-state index contributed by atoms with van der Waals surface area (Å²) in [4.78, 5) is 0. The molecule has 0 bridgehead atoms. The molecule has 1 N–H and O–H groups in total. The van der Waals surface area contributed by atoms with Gasteiger partial charge in [-0.1, -0.05) is 31.4 Å². The molecule has 13 heavy (non-hydrogen) atoms. The highest BCUT2D eigenvalue weighted by molar-refractivity contribution is 6.80. The third-order valence-corrected chi connectivity index (χ3v) is 2.73. The number of aliphatic hydroxyl groups excluding tert-OH is 1. The highest BCUT2D eigenvalue weighted by atomic mass is 28.3. The minimum absolute atomic E-state index is 0.227. The van der Waals surface area contributed by atoms with Gasteiger partial charge in [-0.2, -0.15) is 0 Å². The summed E-state index contributed by atoms with van der Waals surface area (Å²) in [5.41, 5.74) is 2.34. The zero-order valence-corrected chi connectivity index (χ0v) is 10.0. The Hall–Kier alpha value is -0.123.